The summed E-state index contributed by atoms with van der Waals surface area (Å²) in [5.74, 6) is -1.39. The predicted molar refractivity (Wildman–Crippen MR) is 133 cm³/mol. The summed E-state index contributed by atoms with van der Waals surface area (Å²) in [5.41, 5.74) is 3.19. The van der Waals surface area contributed by atoms with Gasteiger partial charge in [0, 0.05) is 12.2 Å². The quantitative estimate of drug-likeness (QED) is 0.398. The van der Waals surface area contributed by atoms with E-state index in [4.69, 9.17) is 4.74 Å². The van der Waals surface area contributed by atoms with Crippen molar-refractivity contribution in [2.24, 2.45) is 5.92 Å². The Morgan fingerprint density at radius 1 is 0.971 bits per heavy atom. The lowest BCUT2D eigenvalue weighted by Gasteiger charge is -2.28. The van der Waals surface area contributed by atoms with Gasteiger partial charge in [0.05, 0.1) is 0 Å². The van der Waals surface area contributed by atoms with Crippen LogP contribution in [0.5, 0.6) is 0 Å². The van der Waals surface area contributed by atoms with Crippen molar-refractivity contribution in [3.05, 3.63) is 101 Å². The maximum atomic E-state index is 15.0. The summed E-state index contributed by atoms with van der Waals surface area (Å²) in [6, 6.07) is 10.7. The molecule has 4 heteroatoms. The summed E-state index contributed by atoms with van der Waals surface area (Å²) in [5, 5.41) is 0. The highest BCUT2D eigenvalue weighted by atomic mass is 19.2. The Balaban J connectivity index is 1.38. The van der Waals surface area contributed by atoms with Gasteiger partial charge in [-0.1, -0.05) is 67.3 Å². The van der Waals surface area contributed by atoms with Gasteiger partial charge in [0.2, 0.25) is 0 Å². The average Bonchev–Trinajstić information content (AvgIpc) is 2.86. The van der Waals surface area contributed by atoms with Gasteiger partial charge in [-0.05, 0) is 79.2 Å². The van der Waals surface area contributed by atoms with Crippen LogP contribution < -0.4 is 0 Å². The molecular formula is C30H31F3O. The Bertz CT molecular complexity index is 1100. The minimum Gasteiger partial charge on any atom is -0.371 e. The first-order valence-electron chi connectivity index (χ1n) is 12.1. The Hall–Kier alpha value is -2.85. The van der Waals surface area contributed by atoms with Crippen LogP contribution in [0.25, 0.3) is 17.2 Å². The van der Waals surface area contributed by atoms with Gasteiger partial charge in [0.1, 0.15) is 11.9 Å². The molecule has 0 radical (unpaired) electrons. The van der Waals surface area contributed by atoms with Gasteiger partial charge in [-0.15, -0.1) is 0 Å². The SMILES string of the molecule is C=Cc1ccc(-c2ccc(C3CCC(/C=C/C4=CCC(OCC)C(F)=C4)CC3)c(F)c2F)cc1. The van der Waals surface area contributed by atoms with E-state index in [-0.39, 0.29) is 17.3 Å². The molecule has 0 saturated heterocycles. The molecule has 0 heterocycles. The first kappa shape index (κ1) is 24.3. The molecular weight excluding hydrogens is 433 g/mol. The van der Waals surface area contributed by atoms with E-state index in [0.29, 0.717) is 30.1 Å². The van der Waals surface area contributed by atoms with Gasteiger partial charge in [-0.2, -0.15) is 0 Å². The van der Waals surface area contributed by atoms with Crippen LogP contribution in [0.2, 0.25) is 0 Å². The molecule has 178 valence electrons. The summed E-state index contributed by atoms with van der Waals surface area (Å²) in [6.45, 7) is 6.07. The molecule has 2 aliphatic rings. The zero-order valence-corrected chi connectivity index (χ0v) is 19.6. The summed E-state index contributed by atoms with van der Waals surface area (Å²) in [4.78, 5) is 0. The normalized spacial score (nSPS) is 23.0. The monoisotopic (exact) mass is 464 g/mol. The first-order chi connectivity index (χ1) is 16.5. The molecule has 1 atom stereocenters. The molecule has 2 aromatic carbocycles. The molecule has 0 aliphatic heterocycles. The van der Waals surface area contributed by atoms with E-state index in [2.05, 4.69) is 12.7 Å². The van der Waals surface area contributed by atoms with Gasteiger partial charge in [0.15, 0.2) is 11.6 Å². The van der Waals surface area contributed by atoms with Crippen molar-refractivity contribution in [3.63, 3.8) is 0 Å². The van der Waals surface area contributed by atoms with Crippen LogP contribution in [0.4, 0.5) is 13.2 Å². The molecule has 34 heavy (non-hydrogen) atoms. The van der Waals surface area contributed by atoms with E-state index in [1.54, 1.807) is 30.3 Å². The number of allylic oxidation sites excluding steroid dienone is 4. The van der Waals surface area contributed by atoms with Crippen LogP contribution >= 0.6 is 0 Å². The Morgan fingerprint density at radius 2 is 1.71 bits per heavy atom. The molecule has 1 fully saturated rings. The number of rotatable bonds is 7. The van der Waals surface area contributed by atoms with E-state index < -0.39 is 17.7 Å². The number of hydrogen-bond donors (Lipinski definition) is 0. The van der Waals surface area contributed by atoms with Crippen LogP contribution in [0, 0.1) is 17.6 Å². The highest BCUT2D eigenvalue weighted by Crippen LogP contribution is 2.39. The van der Waals surface area contributed by atoms with Gasteiger partial charge < -0.3 is 4.74 Å². The van der Waals surface area contributed by atoms with Crippen LogP contribution in [0.1, 0.15) is 56.1 Å². The molecule has 0 bridgehead atoms. The number of hydrogen-bond acceptors (Lipinski definition) is 1. The number of ether oxygens (including phenoxy) is 1. The van der Waals surface area contributed by atoms with E-state index in [1.165, 1.54) is 6.08 Å². The first-order valence-corrected chi connectivity index (χ1v) is 12.1. The second-order valence-electron chi connectivity index (χ2n) is 9.04. The maximum Gasteiger partial charge on any atom is 0.166 e. The van der Waals surface area contributed by atoms with Crippen molar-refractivity contribution in [2.75, 3.05) is 6.61 Å². The fourth-order valence-corrected chi connectivity index (χ4v) is 4.90. The van der Waals surface area contributed by atoms with Gasteiger partial charge in [0.25, 0.3) is 0 Å². The predicted octanol–water partition coefficient (Wildman–Crippen LogP) is 8.69. The second kappa shape index (κ2) is 11.1. The molecule has 2 aliphatic carbocycles. The lowest BCUT2D eigenvalue weighted by molar-refractivity contribution is 0.0733. The fourth-order valence-electron chi connectivity index (χ4n) is 4.90. The molecule has 0 spiro atoms. The lowest BCUT2D eigenvalue weighted by atomic mass is 9.78. The topological polar surface area (TPSA) is 9.23 Å². The molecule has 1 saturated carbocycles. The second-order valence-corrected chi connectivity index (χ2v) is 9.04. The number of halogens is 3. The summed E-state index contributed by atoms with van der Waals surface area (Å²) < 4.78 is 49.5. The van der Waals surface area contributed by atoms with Crippen molar-refractivity contribution in [3.8, 4) is 11.1 Å². The number of benzene rings is 2. The zero-order chi connectivity index (χ0) is 24.1. The highest BCUT2D eigenvalue weighted by molar-refractivity contribution is 5.66. The Kier molecular flexibility index (Phi) is 7.89. The molecule has 0 aromatic heterocycles. The Labute approximate surface area is 200 Å². The van der Waals surface area contributed by atoms with Gasteiger partial charge in [-0.25, -0.2) is 13.2 Å². The van der Waals surface area contributed by atoms with E-state index in [9.17, 15) is 8.78 Å². The van der Waals surface area contributed by atoms with Crippen LogP contribution in [0.3, 0.4) is 0 Å². The molecule has 0 N–H and O–H groups in total. The van der Waals surface area contributed by atoms with Crippen molar-refractivity contribution in [1.82, 2.24) is 0 Å². The van der Waals surface area contributed by atoms with Crippen molar-refractivity contribution in [2.45, 2.75) is 51.0 Å². The third-order valence-electron chi connectivity index (χ3n) is 6.89. The standard InChI is InChI=1S/C30H31F3O/c1-3-20-7-12-23(13-8-20)25-16-17-26(30(33)29(25)32)24-14-9-21(10-15-24)5-6-22-11-18-28(34-4-2)27(31)19-22/h3,5-8,11-13,16-17,19,21,24,28H,1,4,9-10,14-15,18H2,2H3/b6-5+. The highest BCUT2D eigenvalue weighted by Gasteiger charge is 2.26. The third kappa shape index (κ3) is 5.44. The Morgan fingerprint density at radius 3 is 2.35 bits per heavy atom. The molecule has 4 rings (SSSR count). The van der Waals surface area contributed by atoms with Gasteiger partial charge >= 0.3 is 0 Å². The lowest BCUT2D eigenvalue weighted by Crippen LogP contribution is -2.15. The summed E-state index contributed by atoms with van der Waals surface area (Å²) in [6.07, 6.45) is 12.8. The fraction of sp³-hybridized carbons (Fsp3) is 0.333. The molecule has 2 aromatic rings. The van der Waals surface area contributed by atoms with E-state index in [1.807, 2.05) is 31.2 Å². The van der Waals surface area contributed by atoms with Crippen LogP contribution in [0.15, 0.2) is 78.7 Å². The maximum absolute atomic E-state index is 15.0. The third-order valence-corrected chi connectivity index (χ3v) is 6.89. The summed E-state index contributed by atoms with van der Waals surface area (Å²) >= 11 is 0. The minimum atomic E-state index is -0.783. The van der Waals surface area contributed by atoms with Crippen LogP contribution in [-0.4, -0.2) is 12.7 Å². The van der Waals surface area contributed by atoms with Crippen molar-refractivity contribution >= 4 is 6.08 Å². The summed E-state index contributed by atoms with van der Waals surface area (Å²) in [7, 11) is 0. The smallest absolute Gasteiger partial charge is 0.166 e. The van der Waals surface area contributed by atoms with Gasteiger partial charge in [-0.3, -0.25) is 0 Å². The van der Waals surface area contributed by atoms with Crippen molar-refractivity contribution < 1.29 is 17.9 Å². The molecule has 1 unspecified atom stereocenters. The molecule has 0 amide bonds. The van der Waals surface area contributed by atoms with Crippen LogP contribution in [-0.2, 0) is 4.74 Å². The largest absolute Gasteiger partial charge is 0.371 e. The average molecular weight is 465 g/mol. The molecule has 1 nitrogen and oxygen atoms in total. The zero-order valence-electron chi connectivity index (χ0n) is 19.6. The van der Waals surface area contributed by atoms with Crippen molar-refractivity contribution in [1.29, 1.82) is 0 Å². The van der Waals surface area contributed by atoms with E-state index >= 15 is 4.39 Å². The van der Waals surface area contributed by atoms with E-state index in [0.717, 1.165) is 36.8 Å². The minimum absolute atomic E-state index is 0.00882.